The minimum Gasteiger partial charge on any atom is -0.346 e. The van der Waals surface area contributed by atoms with E-state index in [4.69, 9.17) is 5.26 Å². The molecule has 0 unspecified atom stereocenters. The van der Waals surface area contributed by atoms with Gasteiger partial charge in [-0.3, -0.25) is 4.90 Å². The second kappa shape index (κ2) is 7.38. The molecule has 4 nitrogen and oxygen atoms in total. The molecule has 4 rings (SSSR count). The number of hydrogen-bond donors (Lipinski definition) is 1. The Morgan fingerprint density at radius 2 is 2.08 bits per heavy atom. The van der Waals surface area contributed by atoms with Crippen LogP contribution in [0.15, 0.2) is 66.5 Å². The number of rotatable bonds is 4. The van der Waals surface area contributed by atoms with Gasteiger partial charge in [-0.1, -0.05) is 30.4 Å². The van der Waals surface area contributed by atoms with Crippen LogP contribution in [-0.4, -0.2) is 28.0 Å². The Balaban J connectivity index is 1.38. The first-order valence-electron chi connectivity index (χ1n) is 8.82. The molecule has 2 aromatic heterocycles. The van der Waals surface area contributed by atoms with Gasteiger partial charge in [-0.2, -0.15) is 5.26 Å². The van der Waals surface area contributed by atoms with E-state index in [2.05, 4.69) is 51.4 Å². The van der Waals surface area contributed by atoms with Gasteiger partial charge in [0.1, 0.15) is 5.65 Å². The maximum Gasteiger partial charge on any atom is 0.137 e. The zero-order chi connectivity index (χ0) is 17.8. The number of nitriles is 1. The van der Waals surface area contributed by atoms with E-state index in [-0.39, 0.29) is 0 Å². The topological polar surface area (TPSA) is 55.7 Å². The third-order valence-electron chi connectivity index (χ3n) is 4.79. The molecular formula is C22H20N4. The van der Waals surface area contributed by atoms with E-state index in [1.54, 1.807) is 0 Å². The molecule has 0 spiro atoms. The highest BCUT2D eigenvalue weighted by Gasteiger charge is 2.13. The Bertz CT molecular complexity index is 1000. The van der Waals surface area contributed by atoms with E-state index in [0.29, 0.717) is 5.56 Å². The first kappa shape index (κ1) is 16.3. The van der Waals surface area contributed by atoms with Crippen molar-refractivity contribution in [1.29, 1.82) is 5.26 Å². The molecule has 0 fully saturated rings. The normalized spacial score (nSPS) is 15.3. The summed E-state index contributed by atoms with van der Waals surface area (Å²) in [5, 5.41) is 10.1. The summed E-state index contributed by atoms with van der Waals surface area (Å²) in [4.78, 5) is 10.1. The fourth-order valence-electron chi connectivity index (χ4n) is 3.28. The number of aromatic nitrogens is 2. The molecule has 1 aliphatic rings. The number of aromatic amines is 1. The summed E-state index contributed by atoms with van der Waals surface area (Å²) >= 11 is 0. The molecule has 0 saturated carbocycles. The van der Waals surface area contributed by atoms with Crippen molar-refractivity contribution in [2.75, 3.05) is 13.1 Å². The Hall–Kier alpha value is -3.16. The van der Waals surface area contributed by atoms with Crippen LogP contribution >= 0.6 is 0 Å². The highest BCUT2D eigenvalue weighted by atomic mass is 15.1. The molecule has 3 heterocycles. The number of pyridine rings is 1. The summed E-state index contributed by atoms with van der Waals surface area (Å²) < 4.78 is 0. The van der Waals surface area contributed by atoms with E-state index in [9.17, 15) is 0 Å². The highest BCUT2D eigenvalue weighted by Crippen LogP contribution is 2.20. The Morgan fingerprint density at radius 3 is 2.85 bits per heavy atom. The molecular weight excluding hydrogens is 320 g/mol. The third kappa shape index (κ3) is 3.58. The van der Waals surface area contributed by atoms with Gasteiger partial charge in [-0.15, -0.1) is 0 Å². The fraction of sp³-hybridized carbons (Fsp3) is 0.182. The van der Waals surface area contributed by atoms with Gasteiger partial charge in [0.2, 0.25) is 0 Å². The standard InChI is InChI=1S/C22H20N4/c23-14-19-7-5-17(6-8-19)3-4-18-9-12-26(13-10-18)16-20-15-25-22-21(20)2-1-11-24-22/h1-9,11,15H,10,12-13,16H2,(H,24,25). The zero-order valence-electron chi connectivity index (χ0n) is 14.5. The van der Waals surface area contributed by atoms with Gasteiger partial charge in [0.05, 0.1) is 11.6 Å². The van der Waals surface area contributed by atoms with Crippen LogP contribution in [0, 0.1) is 11.3 Å². The molecule has 0 aliphatic carbocycles. The lowest BCUT2D eigenvalue weighted by Gasteiger charge is -2.25. The van der Waals surface area contributed by atoms with E-state index in [1.807, 2.05) is 36.5 Å². The van der Waals surface area contributed by atoms with Crippen LogP contribution in [0.5, 0.6) is 0 Å². The van der Waals surface area contributed by atoms with E-state index in [1.165, 1.54) is 16.5 Å². The van der Waals surface area contributed by atoms with Crippen molar-refractivity contribution < 1.29 is 0 Å². The van der Waals surface area contributed by atoms with Gasteiger partial charge in [0, 0.05) is 37.4 Å². The second-order valence-electron chi connectivity index (χ2n) is 6.54. The number of nitrogens with one attached hydrogen (secondary N) is 1. The van der Waals surface area contributed by atoms with Crippen LogP contribution in [0.25, 0.3) is 17.1 Å². The maximum absolute atomic E-state index is 8.85. The van der Waals surface area contributed by atoms with Crippen molar-refractivity contribution in [3.63, 3.8) is 0 Å². The molecule has 0 radical (unpaired) electrons. The quantitative estimate of drug-likeness (QED) is 0.771. The zero-order valence-corrected chi connectivity index (χ0v) is 14.5. The molecule has 1 aromatic carbocycles. The van der Waals surface area contributed by atoms with Crippen molar-refractivity contribution in [2.24, 2.45) is 0 Å². The second-order valence-corrected chi connectivity index (χ2v) is 6.54. The van der Waals surface area contributed by atoms with Crippen molar-refractivity contribution in [1.82, 2.24) is 14.9 Å². The predicted octanol–water partition coefficient (Wildman–Crippen LogP) is 4.28. The van der Waals surface area contributed by atoms with Gasteiger partial charge in [-0.05, 0) is 47.4 Å². The van der Waals surface area contributed by atoms with E-state index >= 15 is 0 Å². The minimum atomic E-state index is 0.696. The number of H-pyrrole nitrogens is 1. The summed E-state index contributed by atoms with van der Waals surface area (Å²) in [5.74, 6) is 0. The molecule has 0 bridgehead atoms. The Kier molecular flexibility index (Phi) is 4.63. The molecule has 0 saturated heterocycles. The minimum absolute atomic E-state index is 0.696. The summed E-state index contributed by atoms with van der Waals surface area (Å²) in [7, 11) is 0. The van der Waals surface area contributed by atoms with E-state index in [0.717, 1.165) is 37.3 Å². The Labute approximate surface area is 153 Å². The number of benzene rings is 1. The molecule has 0 amide bonds. The largest absolute Gasteiger partial charge is 0.346 e. The van der Waals surface area contributed by atoms with Crippen LogP contribution in [0.1, 0.15) is 23.1 Å². The van der Waals surface area contributed by atoms with Gasteiger partial charge in [-0.25, -0.2) is 4.98 Å². The number of hydrogen-bond acceptors (Lipinski definition) is 3. The SMILES string of the molecule is N#Cc1ccc(C=CC2=CCN(Cc3c[nH]c4ncccc34)CC2)cc1. The fourth-order valence-corrected chi connectivity index (χ4v) is 3.28. The van der Waals surface area contributed by atoms with Crippen LogP contribution in [0.2, 0.25) is 0 Å². The lowest BCUT2D eigenvalue weighted by atomic mass is 10.0. The predicted molar refractivity (Wildman–Crippen MR) is 104 cm³/mol. The third-order valence-corrected chi connectivity index (χ3v) is 4.79. The summed E-state index contributed by atoms with van der Waals surface area (Å²) in [6.07, 6.45) is 11.5. The number of nitrogens with zero attached hydrogens (tertiary/aromatic N) is 3. The molecule has 26 heavy (non-hydrogen) atoms. The molecule has 4 heteroatoms. The lowest BCUT2D eigenvalue weighted by Crippen LogP contribution is -2.27. The van der Waals surface area contributed by atoms with Crippen LogP contribution in [0.3, 0.4) is 0 Å². The molecule has 3 aromatic rings. The monoisotopic (exact) mass is 340 g/mol. The van der Waals surface area contributed by atoms with Crippen LogP contribution < -0.4 is 0 Å². The van der Waals surface area contributed by atoms with Crippen LogP contribution in [0.4, 0.5) is 0 Å². The lowest BCUT2D eigenvalue weighted by molar-refractivity contribution is 0.288. The van der Waals surface area contributed by atoms with Crippen molar-refractivity contribution >= 4 is 17.1 Å². The summed E-state index contributed by atoms with van der Waals surface area (Å²) in [6, 6.07) is 13.9. The van der Waals surface area contributed by atoms with Gasteiger partial charge >= 0.3 is 0 Å². The number of allylic oxidation sites excluding steroid dienone is 1. The van der Waals surface area contributed by atoms with Gasteiger partial charge in [0.25, 0.3) is 0 Å². The van der Waals surface area contributed by atoms with Gasteiger partial charge < -0.3 is 4.98 Å². The van der Waals surface area contributed by atoms with Gasteiger partial charge in [0.15, 0.2) is 0 Å². The number of fused-ring (bicyclic) bond motifs is 1. The summed E-state index contributed by atoms with van der Waals surface area (Å²) in [5.41, 5.74) is 5.45. The molecule has 0 atom stereocenters. The maximum atomic E-state index is 8.85. The van der Waals surface area contributed by atoms with Crippen molar-refractivity contribution in [2.45, 2.75) is 13.0 Å². The average molecular weight is 340 g/mol. The Morgan fingerprint density at radius 1 is 1.19 bits per heavy atom. The van der Waals surface area contributed by atoms with E-state index < -0.39 is 0 Å². The first-order valence-corrected chi connectivity index (χ1v) is 8.82. The molecule has 128 valence electrons. The first-order chi connectivity index (χ1) is 12.8. The van der Waals surface area contributed by atoms with Crippen LogP contribution in [-0.2, 0) is 6.54 Å². The molecule has 1 aliphatic heterocycles. The average Bonchev–Trinajstić information content (AvgIpc) is 3.11. The van der Waals surface area contributed by atoms with Crippen molar-refractivity contribution in [3.05, 3.63) is 83.2 Å². The summed E-state index contributed by atoms with van der Waals surface area (Å²) in [6.45, 7) is 2.95. The smallest absolute Gasteiger partial charge is 0.137 e. The highest BCUT2D eigenvalue weighted by molar-refractivity contribution is 5.79. The van der Waals surface area contributed by atoms with Crippen molar-refractivity contribution in [3.8, 4) is 6.07 Å². The molecule has 1 N–H and O–H groups in total.